The number of benzene rings is 2. The zero-order valence-corrected chi connectivity index (χ0v) is 22.3. The van der Waals surface area contributed by atoms with Crippen molar-refractivity contribution in [3.8, 4) is 34.3 Å². The molecular formula is C26H21BrCl2N4O3. The van der Waals surface area contributed by atoms with Crippen LogP contribution in [0.5, 0.6) is 11.5 Å². The summed E-state index contributed by atoms with van der Waals surface area (Å²) in [6.07, 6.45) is 2.45. The first-order valence-electron chi connectivity index (χ1n) is 11.3. The maximum absolute atomic E-state index is 12.2. The van der Waals surface area contributed by atoms with Gasteiger partial charge in [-0.3, -0.25) is 4.79 Å². The zero-order valence-electron chi connectivity index (χ0n) is 19.2. The average molecular weight is 588 g/mol. The van der Waals surface area contributed by atoms with Crippen molar-refractivity contribution in [1.82, 2.24) is 20.3 Å². The molecule has 36 heavy (non-hydrogen) atoms. The predicted molar refractivity (Wildman–Crippen MR) is 143 cm³/mol. The van der Waals surface area contributed by atoms with Crippen molar-refractivity contribution in [3.05, 3.63) is 80.0 Å². The van der Waals surface area contributed by atoms with E-state index in [0.717, 1.165) is 28.9 Å². The number of hydrogen-bond acceptors (Lipinski definition) is 5. The smallest absolute Gasteiger partial charge is 0.253 e. The Morgan fingerprint density at radius 2 is 1.97 bits per heavy atom. The van der Waals surface area contributed by atoms with Gasteiger partial charge in [-0.05, 0) is 59.3 Å². The van der Waals surface area contributed by atoms with E-state index in [0.29, 0.717) is 56.3 Å². The molecule has 4 aromatic rings. The molecule has 3 heterocycles. The number of aromatic amines is 1. The number of nitrogens with one attached hydrogen (secondary N) is 2. The van der Waals surface area contributed by atoms with Crippen LogP contribution in [0, 0.1) is 0 Å². The Labute approximate surface area is 226 Å². The molecule has 5 rings (SSSR count). The van der Waals surface area contributed by atoms with Gasteiger partial charge in [0.1, 0.15) is 6.61 Å². The van der Waals surface area contributed by atoms with Crippen LogP contribution in [0.4, 0.5) is 0 Å². The third-order valence-electron chi connectivity index (χ3n) is 5.69. The molecular weight excluding hydrogens is 567 g/mol. The van der Waals surface area contributed by atoms with Crippen LogP contribution >= 0.6 is 39.1 Å². The van der Waals surface area contributed by atoms with Gasteiger partial charge in [0.15, 0.2) is 17.3 Å². The Morgan fingerprint density at radius 3 is 2.75 bits per heavy atom. The minimum atomic E-state index is -0.0752. The molecule has 0 atom stereocenters. The summed E-state index contributed by atoms with van der Waals surface area (Å²) in [7, 11) is 0. The van der Waals surface area contributed by atoms with E-state index in [2.05, 4.69) is 31.2 Å². The number of hydrogen-bond donors (Lipinski definition) is 2. The first kappa shape index (κ1) is 24.6. The van der Waals surface area contributed by atoms with Gasteiger partial charge in [-0.2, -0.15) is 0 Å². The fourth-order valence-electron chi connectivity index (χ4n) is 3.97. The Morgan fingerprint density at radius 1 is 1.11 bits per heavy atom. The molecule has 7 nitrogen and oxygen atoms in total. The number of rotatable bonds is 7. The van der Waals surface area contributed by atoms with Gasteiger partial charge in [-0.1, -0.05) is 29.3 Å². The summed E-state index contributed by atoms with van der Waals surface area (Å²) in [6, 6.07) is 12.6. The molecule has 10 heteroatoms. The SMILES string of the molecule is CCOc1cc(-c2nccc(-c3cc4c([nH]3)CCNC4=O)n2)cc(Br)c1OCc1ccc(Cl)cc1Cl. The third kappa shape index (κ3) is 5.07. The molecule has 0 aliphatic carbocycles. The van der Waals surface area contributed by atoms with E-state index < -0.39 is 0 Å². The van der Waals surface area contributed by atoms with Gasteiger partial charge in [0.2, 0.25) is 0 Å². The molecule has 1 aliphatic heterocycles. The second-order valence-corrected chi connectivity index (χ2v) is 9.79. The van der Waals surface area contributed by atoms with Crippen molar-refractivity contribution in [3.63, 3.8) is 0 Å². The quantitative estimate of drug-likeness (QED) is 0.259. The normalized spacial score (nSPS) is 12.7. The highest BCUT2D eigenvalue weighted by molar-refractivity contribution is 9.10. The Balaban J connectivity index is 1.45. The van der Waals surface area contributed by atoms with Crippen LogP contribution in [-0.2, 0) is 13.0 Å². The molecule has 0 radical (unpaired) electrons. The fourth-order valence-corrected chi connectivity index (χ4v) is 4.99. The molecule has 2 aromatic carbocycles. The van der Waals surface area contributed by atoms with E-state index in [1.54, 1.807) is 18.3 Å². The minimum Gasteiger partial charge on any atom is -0.490 e. The molecule has 1 aliphatic rings. The van der Waals surface area contributed by atoms with Gasteiger partial charge in [-0.25, -0.2) is 9.97 Å². The van der Waals surface area contributed by atoms with Crippen LogP contribution in [0.2, 0.25) is 10.0 Å². The van der Waals surface area contributed by atoms with Crippen LogP contribution in [0.3, 0.4) is 0 Å². The summed E-state index contributed by atoms with van der Waals surface area (Å²) in [6.45, 7) is 3.21. The molecule has 0 fully saturated rings. The average Bonchev–Trinajstić information content (AvgIpc) is 3.31. The number of halogens is 3. The lowest BCUT2D eigenvalue weighted by molar-refractivity contribution is 0.0946. The van der Waals surface area contributed by atoms with Crippen LogP contribution in [0.15, 0.2) is 53.1 Å². The van der Waals surface area contributed by atoms with E-state index in [1.165, 1.54) is 0 Å². The number of fused-ring (bicyclic) bond motifs is 1. The highest BCUT2D eigenvalue weighted by atomic mass is 79.9. The zero-order chi connectivity index (χ0) is 25.2. The maximum atomic E-state index is 12.2. The molecule has 1 amide bonds. The highest BCUT2D eigenvalue weighted by Crippen LogP contribution is 2.40. The fraction of sp³-hybridized carbons (Fsp3) is 0.192. The predicted octanol–water partition coefficient (Wildman–Crippen LogP) is 6.47. The second kappa shape index (κ2) is 10.5. The number of amides is 1. The van der Waals surface area contributed by atoms with E-state index in [1.807, 2.05) is 37.3 Å². The van der Waals surface area contributed by atoms with Crippen molar-refractivity contribution >= 4 is 45.0 Å². The largest absolute Gasteiger partial charge is 0.490 e. The molecule has 2 aromatic heterocycles. The summed E-state index contributed by atoms with van der Waals surface area (Å²) in [5, 5.41) is 3.95. The van der Waals surface area contributed by atoms with Crippen molar-refractivity contribution < 1.29 is 14.3 Å². The number of carbonyl (C=O) groups is 1. The van der Waals surface area contributed by atoms with E-state index in [-0.39, 0.29) is 12.5 Å². The number of nitrogens with zero attached hydrogens (tertiary/aromatic N) is 2. The summed E-state index contributed by atoms with van der Waals surface area (Å²) in [4.78, 5) is 24.7. The highest BCUT2D eigenvalue weighted by Gasteiger charge is 2.21. The van der Waals surface area contributed by atoms with Crippen LogP contribution in [0.1, 0.15) is 28.5 Å². The molecule has 184 valence electrons. The number of carbonyl (C=O) groups excluding carboxylic acids is 1. The molecule has 0 saturated heterocycles. The van der Waals surface area contributed by atoms with Gasteiger partial charge in [0, 0.05) is 46.0 Å². The van der Waals surface area contributed by atoms with Crippen molar-refractivity contribution in [2.45, 2.75) is 20.0 Å². The van der Waals surface area contributed by atoms with E-state index in [4.69, 9.17) is 37.7 Å². The number of ether oxygens (including phenoxy) is 2. The number of H-pyrrole nitrogens is 1. The monoisotopic (exact) mass is 586 g/mol. The van der Waals surface area contributed by atoms with Crippen LogP contribution in [0.25, 0.3) is 22.8 Å². The van der Waals surface area contributed by atoms with Crippen molar-refractivity contribution in [2.75, 3.05) is 13.2 Å². The third-order valence-corrected chi connectivity index (χ3v) is 6.87. The summed E-state index contributed by atoms with van der Waals surface area (Å²) in [5.74, 6) is 1.53. The first-order valence-corrected chi connectivity index (χ1v) is 12.8. The molecule has 2 N–H and O–H groups in total. The van der Waals surface area contributed by atoms with E-state index >= 15 is 0 Å². The Kier molecular flexibility index (Phi) is 7.18. The first-order chi connectivity index (χ1) is 17.4. The lowest BCUT2D eigenvalue weighted by Crippen LogP contribution is -2.31. The standard InChI is InChI=1S/C26H21BrCl2N4O3/c1-2-35-23-10-15(9-18(27)24(23)36-13-14-3-4-16(28)11-19(14)29)25-30-7-6-21(33-25)22-12-17-20(32-22)5-8-31-26(17)34/h3-4,6-7,9-12,32H,2,5,8,13H2,1H3,(H,31,34). The lowest BCUT2D eigenvalue weighted by Gasteiger charge is -2.16. The minimum absolute atomic E-state index is 0.0752. The topological polar surface area (TPSA) is 89.1 Å². The van der Waals surface area contributed by atoms with Crippen molar-refractivity contribution in [1.29, 1.82) is 0 Å². The van der Waals surface area contributed by atoms with Crippen molar-refractivity contribution in [2.24, 2.45) is 0 Å². The molecule has 0 bridgehead atoms. The maximum Gasteiger partial charge on any atom is 0.253 e. The van der Waals surface area contributed by atoms with Gasteiger partial charge in [-0.15, -0.1) is 0 Å². The summed E-state index contributed by atoms with van der Waals surface area (Å²) < 4.78 is 12.7. The lowest BCUT2D eigenvalue weighted by atomic mass is 10.1. The Hall–Kier alpha value is -3.07. The van der Waals surface area contributed by atoms with Gasteiger partial charge < -0.3 is 19.8 Å². The summed E-state index contributed by atoms with van der Waals surface area (Å²) in [5.41, 5.74) is 4.58. The summed E-state index contributed by atoms with van der Waals surface area (Å²) >= 11 is 15.9. The molecule has 0 spiro atoms. The molecule has 0 saturated carbocycles. The van der Waals surface area contributed by atoms with Gasteiger partial charge in [0.05, 0.1) is 28.0 Å². The van der Waals surface area contributed by atoms with Gasteiger partial charge >= 0.3 is 0 Å². The van der Waals surface area contributed by atoms with Gasteiger partial charge in [0.25, 0.3) is 5.91 Å². The van der Waals surface area contributed by atoms with Crippen LogP contribution in [-0.4, -0.2) is 34.0 Å². The Bertz CT molecular complexity index is 1460. The second-order valence-electron chi connectivity index (χ2n) is 8.09. The number of aromatic nitrogens is 3. The molecule has 0 unspecified atom stereocenters. The van der Waals surface area contributed by atoms with E-state index in [9.17, 15) is 4.79 Å². The van der Waals surface area contributed by atoms with Crippen LogP contribution < -0.4 is 14.8 Å².